The van der Waals surface area contributed by atoms with E-state index in [1.54, 1.807) is 0 Å². The fraction of sp³-hybridized carbons (Fsp3) is 0.958. The maximum absolute atomic E-state index is 13.7. The number of carbonyl (C=O) groups excluding carboxylic acids is 2. The number of ketones is 1. The van der Waals surface area contributed by atoms with Gasteiger partial charge in [0.15, 0.2) is 18.9 Å². The molecule has 7 aliphatic rings. The first kappa shape index (κ1) is 52.4. The summed E-state index contributed by atoms with van der Waals surface area (Å²) in [5, 5.41) is 100. The molecular formula is C48H81NO17. The van der Waals surface area contributed by atoms with Crippen molar-refractivity contribution in [1.29, 1.82) is 0 Å². The van der Waals surface area contributed by atoms with Crippen LogP contribution >= 0.6 is 0 Å². The Morgan fingerprint density at radius 2 is 1.41 bits per heavy atom. The van der Waals surface area contributed by atoms with Crippen molar-refractivity contribution in [3.05, 3.63) is 0 Å². The Labute approximate surface area is 389 Å². The molecule has 18 nitrogen and oxygen atoms in total. The Morgan fingerprint density at radius 1 is 0.727 bits per heavy atom. The number of aliphatic hydroxyl groups is 9. The second kappa shape index (κ2) is 21.5. The van der Waals surface area contributed by atoms with Gasteiger partial charge in [-0.25, -0.2) is 0 Å². The van der Waals surface area contributed by atoms with Crippen LogP contribution in [0.4, 0.5) is 0 Å². The lowest BCUT2D eigenvalue weighted by Crippen LogP contribution is -2.66. The molecule has 0 radical (unpaired) electrons. The highest BCUT2D eigenvalue weighted by Gasteiger charge is 2.64. The first-order valence-electron chi connectivity index (χ1n) is 25.0. The molecule has 3 saturated heterocycles. The molecule has 7 rings (SSSR count). The van der Waals surface area contributed by atoms with Gasteiger partial charge in [0, 0.05) is 25.3 Å². The van der Waals surface area contributed by atoms with Crippen molar-refractivity contribution in [3.8, 4) is 0 Å². The van der Waals surface area contributed by atoms with Gasteiger partial charge in [0.05, 0.1) is 31.5 Å². The minimum absolute atomic E-state index is 0.0277. The highest BCUT2D eigenvalue weighted by Crippen LogP contribution is 2.68. The Morgan fingerprint density at radius 3 is 2.12 bits per heavy atom. The van der Waals surface area contributed by atoms with Gasteiger partial charge in [-0.2, -0.15) is 0 Å². The minimum Gasteiger partial charge on any atom is -0.394 e. The monoisotopic (exact) mass is 944 g/mol. The first-order chi connectivity index (χ1) is 31.2. The molecule has 4 aliphatic carbocycles. The first-order valence-corrected chi connectivity index (χ1v) is 25.0. The molecule has 10 N–H and O–H groups in total. The fourth-order valence-corrected chi connectivity index (χ4v) is 13.8. The summed E-state index contributed by atoms with van der Waals surface area (Å²) in [6.45, 7) is 11.8. The topological polar surface area (TPSA) is 284 Å². The third-order valence-electron chi connectivity index (χ3n) is 17.8. The van der Waals surface area contributed by atoms with Crippen LogP contribution < -0.4 is 5.32 Å². The van der Waals surface area contributed by atoms with Crippen LogP contribution in [0.5, 0.6) is 0 Å². The molecule has 18 heteroatoms. The number of amides is 1. The number of hydrogen-bond acceptors (Lipinski definition) is 17. The quantitative estimate of drug-likeness (QED) is 0.0952. The predicted octanol–water partition coefficient (Wildman–Crippen LogP) is 0.654. The fourth-order valence-electron chi connectivity index (χ4n) is 13.8. The van der Waals surface area contributed by atoms with Gasteiger partial charge in [0.25, 0.3) is 0 Å². The summed E-state index contributed by atoms with van der Waals surface area (Å²) >= 11 is 0. The van der Waals surface area contributed by atoms with Crippen LogP contribution in [0.2, 0.25) is 0 Å². The molecule has 25 unspecified atom stereocenters. The molecule has 7 fully saturated rings. The van der Waals surface area contributed by atoms with Gasteiger partial charge in [-0.3, -0.25) is 9.59 Å². The van der Waals surface area contributed by atoms with E-state index >= 15 is 0 Å². The largest absolute Gasteiger partial charge is 0.394 e. The Kier molecular flexibility index (Phi) is 17.1. The smallest absolute Gasteiger partial charge is 0.219 e. The zero-order chi connectivity index (χ0) is 48.0. The molecule has 66 heavy (non-hydrogen) atoms. The summed E-state index contributed by atoms with van der Waals surface area (Å²) in [5.41, 5.74) is -0.115. The summed E-state index contributed by atoms with van der Waals surface area (Å²) in [6, 6.07) is 0. The van der Waals surface area contributed by atoms with Crippen LogP contribution in [0.1, 0.15) is 119 Å². The van der Waals surface area contributed by atoms with E-state index in [0.29, 0.717) is 62.3 Å². The highest BCUT2D eigenvalue weighted by molar-refractivity contribution is 5.81. The van der Waals surface area contributed by atoms with E-state index in [-0.39, 0.29) is 46.4 Å². The lowest BCUT2D eigenvalue weighted by atomic mass is 9.44. The van der Waals surface area contributed by atoms with Crippen molar-refractivity contribution in [2.75, 3.05) is 19.8 Å². The second-order valence-corrected chi connectivity index (χ2v) is 21.9. The Hall–Kier alpha value is -1.46. The molecular weight excluding hydrogens is 863 g/mol. The zero-order valence-electron chi connectivity index (χ0n) is 39.7. The molecule has 0 spiro atoms. The number of rotatable bonds is 16. The SMILES string of the molecule is CCCC(=O)NCC(C)CCC(=O)C(C)C1C(O)CC2C3CCC4CC(OC5OC(CO)C(OC6OC(C)C(O)C(O)C6OC6OCC(O)C(O)C6O)C(O)C5O)CCC4(C)C3CCC21C. The van der Waals surface area contributed by atoms with Gasteiger partial charge in [-0.05, 0) is 117 Å². The van der Waals surface area contributed by atoms with Crippen molar-refractivity contribution < 1.29 is 84.0 Å². The van der Waals surface area contributed by atoms with Gasteiger partial charge in [0.2, 0.25) is 5.91 Å². The Balaban J connectivity index is 0.942. The van der Waals surface area contributed by atoms with E-state index < -0.39 is 105 Å². The second-order valence-electron chi connectivity index (χ2n) is 21.9. The van der Waals surface area contributed by atoms with Gasteiger partial charge in [0.1, 0.15) is 66.8 Å². The van der Waals surface area contributed by atoms with E-state index in [1.165, 1.54) is 6.92 Å². The van der Waals surface area contributed by atoms with Gasteiger partial charge >= 0.3 is 0 Å². The van der Waals surface area contributed by atoms with Crippen LogP contribution in [0, 0.1) is 52.3 Å². The number of aliphatic hydroxyl groups excluding tert-OH is 9. The lowest BCUT2D eigenvalue weighted by Gasteiger charge is -2.61. The highest BCUT2D eigenvalue weighted by atomic mass is 16.8. The molecule has 380 valence electrons. The average molecular weight is 944 g/mol. The van der Waals surface area contributed by atoms with Crippen molar-refractivity contribution in [2.24, 2.45) is 52.3 Å². The van der Waals surface area contributed by atoms with Gasteiger partial charge in [-0.1, -0.05) is 34.6 Å². The predicted molar refractivity (Wildman–Crippen MR) is 234 cm³/mol. The third kappa shape index (κ3) is 10.3. The standard InChI is InChI=1S/C48H81NO17/c1-7-8-34(54)49-19-22(2)9-12-30(51)23(3)35-31(52)18-29-27-11-10-25-17-26(13-15-47(25,5)28(27)14-16-48(29,35)6)63-45-41(60)39(58)42(33(20-50)64-45)65-46-43(38(57)36(55)24(4)62-46)66-44-40(59)37(56)32(53)21-61-44/h22-29,31-33,35-46,50,52-53,55-60H,7-21H2,1-6H3,(H,49,54). The van der Waals surface area contributed by atoms with Crippen molar-refractivity contribution in [1.82, 2.24) is 5.32 Å². The molecule has 4 saturated carbocycles. The molecule has 25 atom stereocenters. The molecule has 3 heterocycles. The molecule has 3 aliphatic heterocycles. The maximum atomic E-state index is 13.7. The zero-order valence-corrected chi connectivity index (χ0v) is 39.7. The van der Waals surface area contributed by atoms with Crippen molar-refractivity contribution in [3.63, 3.8) is 0 Å². The summed E-state index contributed by atoms with van der Waals surface area (Å²) in [7, 11) is 0. The molecule has 0 bridgehead atoms. The minimum atomic E-state index is -1.73. The average Bonchev–Trinajstić information content (AvgIpc) is 3.56. The van der Waals surface area contributed by atoms with Gasteiger partial charge < -0.3 is 79.7 Å². The lowest BCUT2D eigenvalue weighted by molar-refractivity contribution is -0.383. The van der Waals surface area contributed by atoms with Crippen molar-refractivity contribution in [2.45, 2.75) is 217 Å². The number of ether oxygens (including phenoxy) is 6. The van der Waals surface area contributed by atoms with Gasteiger partial charge in [-0.15, -0.1) is 0 Å². The number of nitrogens with one attached hydrogen (secondary N) is 1. The molecule has 1 amide bonds. The van der Waals surface area contributed by atoms with Crippen molar-refractivity contribution >= 4 is 11.7 Å². The summed E-state index contributed by atoms with van der Waals surface area (Å²) < 4.78 is 35.5. The number of fused-ring (bicyclic) bond motifs is 5. The van der Waals surface area contributed by atoms with Crippen LogP contribution in [-0.4, -0.2) is 176 Å². The van der Waals surface area contributed by atoms with Crippen LogP contribution in [0.25, 0.3) is 0 Å². The number of Topliss-reactive ketones (excluding diaryl/α,β-unsaturated/α-hetero) is 1. The van der Waals surface area contributed by atoms with E-state index in [9.17, 15) is 55.5 Å². The summed E-state index contributed by atoms with van der Waals surface area (Å²) in [4.78, 5) is 25.7. The molecule has 0 aromatic heterocycles. The summed E-state index contributed by atoms with van der Waals surface area (Å²) in [5.74, 6) is 1.60. The van der Waals surface area contributed by atoms with Crippen LogP contribution in [0.15, 0.2) is 0 Å². The van der Waals surface area contributed by atoms with E-state index in [0.717, 1.165) is 44.9 Å². The third-order valence-corrected chi connectivity index (χ3v) is 17.8. The normalized spacial score (nSPS) is 49.2. The number of carbonyl (C=O) groups is 2. The molecule has 0 aromatic carbocycles. The van der Waals surface area contributed by atoms with E-state index in [1.807, 2.05) is 13.8 Å². The number of hydrogen-bond donors (Lipinski definition) is 10. The van der Waals surface area contributed by atoms with Crippen LogP contribution in [0.3, 0.4) is 0 Å². The summed E-state index contributed by atoms with van der Waals surface area (Å²) in [6.07, 6.45) is -12.3. The van der Waals surface area contributed by atoms with Crippen LogP contribution in [-0.2, 0) is 38.0 Å². The van der Waals surface area contributed by atoms with E-state index in [4.69, 9.17) is 28.4 Å². The van der Waals surface area contributed by atoms with E-state index in [2.05, 4.69) is 26.1 Å². The molecule has 0 aromatic rings. The maximum Gasteiger partial charge on any atom is 0.219 e. The Bertz CT molecular complexity index is 1630.